The smallest absolute Gasteiger partial charge is 0.352 e. The third kappa shape index (κ3) is 3.36. The molecule has 1 aromatic rings. The summed E-state index contributed by atoms with van der Waals surface area (Å²) in [6.45, 7) is 2.19. The summed E-state index contributed by atoms with van der Waals surface area (Å²) in [6.07, 6.45) is 3.00. The summed E-state index contributed by atoms with van der Waals surface area (Å²) in [5, 5.41) is 9.06. The summed E-state index contributed by atoms with van der Waals surface area (Å²) >= 11 is 1.82. The SMILES string of the molecule is CCn1cc(S(=O)(=O)NC2CCSCC2)cc1C(=O)O. The molecule has 112 valence electrons. The zero-order valence-electron chi connectivity index (χ0n) is 11.2. The highest BCUT2D eigenvalue weighted by atomic mass is 32.2. The molecule has 0 atom stereocenters. The normalized spacial score (nSPS) is 17.2. The molecule has 0 bridgehead atoms. The Morgan fingerprint density at radius 2 is 2.15 bits per heavy atom. The maximum absolute atomic E-state index is 12.3. The van der Waals surface area contributed by atoms with Gasteiger partial charge in [0.05, 0.1) is 0 Å². The van der Waals surface area contributed by atoms with Gasteiger partial charge in [0, 0.05) is 18.8 Å². The molecule has 1 aromatic heterocycles. The highest BCUT2D eigenvalue weighted by molar-refractivity contribution is 7.99. The second-order valence-electron chi connectivity index (χ2n) is 4.66. The van der Waals surface area contributed by atoms with Crippen molar-refractivity contribution in [3.05, 3.63) is 18.0 Å². The number of hydrogen-bond acceptors (Lipinski definition) is 4. The van der Waals surface area contributed by atoms with Crippen molar-refractivity contribution >= 4 is 27.8 Å². The molecular formula is C12H18N2O4S2. The fourth-order valence-electron chi connectivity index (χ4n) is 2.17. The number of sulfonamides is 1. The number of nitrogens with one attached hydrogen (secondary N) is 1. The van der Waals surface area contributed by atoms with E-state index in [0.29, 0.717) is 6.54 Å². The number of carboxylic acid groups (broad SMARTS) is 1. The van der Waals surface area contributed by atoms with Crippen LogP contribution in [0, 0.1) is 0 Å². The van der Waals surface area contributed by atoms with Crippen LogP contribution in [0.4, 0.5) is 0 Å². The fraction of sp³-hybridized carbons (Fsp3) is 0.583. The lowest BCUT2D eigenvalue weighted by Gasteiger charge is -2.21. The van der Waals surface area contributed by atoms with Gasteiger partial charge in [-0.15, -0.1) is 0 Å². The first-order valence-corrected chi connectivity index (χ1v) is 9.11. The van der Waals surface area contributed by atoms with Crippen LogP contribution in [0.1, 0.15) is 30.3 Å². The standard InChI is InChI=1S/C12H18N2O4S2/c1-2-14-8-10(7-11(14)12(15)16)20(17,18)13-9-3-5-19-6-4-9/h7-9,13H,2-6H2,1H3,(H,15,16). The molecule has 2 rings (SSSR count). The Labute approximate surface area is 122 Å². The molecule has 2 N–H and O–H groups in total. The molecule has 2 heterocycles. The van der Waals surface area contributed by atoms with Gasteiger partial charge in [0.2, 0.25) is 10.0 Å². The molecule has 1 aliphatic heterocycles. The van der Waals surface area contributed by atoms with Crippen molar-refractivity contribution in [1.82, 2.24) is 9.29 Å². The second kappa shape index (κ2) is 6.19. The number of aryl methyl sites for hydroxylation is 1. The van der Waals surface area contributed by atoms with Crippen molar-refractivity contribution < 1.29 is 18.3 Å². The molecule has 0 spiro atoms. The summed E-state index contributed by atoms with van der Waals surface area (Å²) in [6, 6.07) is 1.16. The summed E-state index contributed by atoms with van der Waals surface area (Å²) in [7, 11) is -3.65. The van der Waals surface area contributed by atoms with Crippen LogP contribution in [0.15, 0.2) is 17.2 Å². The van der Waals surface area contributed by atoms with E-state index in [-0.39, 0.29) is 16.6 Å². The van der Waals surface area contributed by atoms with Crippen LogP contribution >= 0.6 is 11.8 Å². The number of rotatable bonds is 5. The van der Waals surface area contributed by atoms with Gasteiger partial charge < -0.3 is 9.67 Å². The summed E-state index contributed by atoms with van der Waals surface area (Å²) in [5.74, 6) is 0.773. The molecule has 0 amide bonds. The first-order valence-electron chi connectivity index (χ1n) is 6.47. The number of carbonyl (C=O) groups is 1. The van der Waals surface area contributed by atoms with Crippen LogP contribution in [0.3, 0.4) is 0 Å². The van der Waals surface area contributed by atoms with Crippen molar-refractivity contribution in [1.29, 1.82) is 0 Å². The monoisotopic (exact) mass is 318 g/mol. The Morgan fingerprint density at radius 3 is 2.65 bits per heavy atom. The van der Waals surface area contributed by atoms with E-state index in [2.05, 4.69) is 4.72 Å². The first kappa shape index (κ1) is 15.4. The zero-order chi connectivity index (χ0) is 14.8. The molecule has 0 saturated carbocycles. The molecular weight excluding hydrogens is 300 g/mol. The number of aromatic nitrogens is 1. The van der Waals surface area contributed by atoms with Gasteiger partial charge >= 0.3 is 5.97 Å². The van der Waals surface area contributed by atoms with E-state index in [9.17, 15) is 13.2 Å². The highest BCUT2D eigenvalue weighted by Gasteiger charge is 2.25. The average Bonchev–Trinajstić information content (AvgIpc) is 2.84. The lowest BCUT2D eigenvalue weighted by Crippen LogP contribution is -2.37. The van der Waals surface area contributed by atoms with Gasteiger partial charge in [0.1, 0.15) is 10.6 Å². The number of thioether (sulfide) groups is 1. The van der Waals surface area contributed by atoms with Crippen LogP contribution in [0.5, 0.6) is 0 Å². The molecule has 0 unspecified atom stereocenters. The summed E-state index contributed by atoms with van der Waals surface area (Å²) in [5.41, 5.74) is -0.00734. The summed E-state index contributed by atoms with van der Waals surface area (Å²) < 4.78 is 28.7. The minimum absolute atomic E-state index is 0.00734. The van der Waals surface area contributed by atoms with Crippen molar-refractivity contribution in [2.24, 2.45) is 0 Å². The Kier molecular flexibility index (Phi) is 4.77. The van der Waals surface area contributed by atoms with E-state index < -0.39 is 16.0 Å². The van der Waals surface area contributed by atoms with Crippen LogP contribution in [-0.2, 0) is 16.6 Å². The largest absolute Gasteiger partial charge is 0.477 e. The van der Waals surface area contributed by atoms with Crippen molar-refractivity contribution in [2.75, 3.05) is 11.5 Å². The first-order chi connectivity index (χ1) is 9.44. The highest BCUT2D eigenvalue weighted by Crippen LogP contribution is 2.20. The van der Waals surface area contributed by atoms with Gasteiger partial charge in [-0.25, -0.2) is 17.9 Å². The summed E-state index contributed by atoms with van der Waals surface area (Å²) in [4.78, 5) is 11.1. The third-order valence-corrected chi connectivity index (χ3v) is 5.82. The molecule has 1 saturated heterocycles. The number of aromatic carboxylic acids is 1. The molecule has 6 nitrogen and oxygen atoms in total. The molecule has 0 radical (unpaired) electrons. The zero-order valence-corrected chi connectivity index (χ0v) is 12.8. The topological polar surface area (TPSA) is 88.4 Å². The van der Waals surface area contributed by atoms with Gasteiger partial charge in [-0.05, 0) is 37.3 Å². The minimum Gasteiger partial charge on any atom is -0.477 e. The van der Waals surface area contributed by atoms with Gasteiger partial charge in [-0.1, -0.05) is 0 Å². The van der Waals surface area contributed by atoms with E-state index >= 15 is 0 Å². The predicted molar refractivity (Wildman–Crippen MR) is 77.7 cm³/mol. The van der Waals surface area contributed by atoms with Crippen LogP contribution in [0.2, 0.25) is 0 Å². The molecule has 20 heavy (non-hydrogen) atoms. The predicted octanol–water partition coefficient (Wildman–Crippen LogP) is 1.38. The molecule has 0 aliphatic carbocycles. The lowest BCUT2D eigenvalue weighted by atomic mass is 10.2. The Hall–Kier alpha value is -0.990. The molecule has 1 fully saturated rings. The van der Waals surface area contributed by atoms with E-state index in [4.69, 9.17) is 5.11 Å². The lowest BCUT2D eigenvalue weighted by molar-refractivity contribution is 0.0685. The number of hydrogen-bond donors (Lipinski definition) is 2. The van der Waals surface area contributed by atoms with Crippen LogP contribution in [-0.4, -0.2) is 41.6 Å². The Balaban J connectivity index is 2.22. The van der Waals surface area contributed by atoms with Gasteiger partial charge in [-0.3, -0.25) is 0 Å². The van der Waals surface area contributed by atoms with Crippen molar-refractivity contribution in [3.63, 3.8) is 0 Å². The quantitative estimate of drug-likeness (QED) is 0.856. The average molecular weight is 318 g/mol. The Morgan fingerprint density at radius 1 is 1.50 bits per heavy atom. The fourth-order valence-corrected chi connectivity index (χ4v) is 4.62. The van der Waals surface area contributed by atoms with Gasteiger partial charge in [-0.2, -0.15) is 11.8 Å². The van der Waals surface area contributed by atoms with Crippen molar-refractivity contribution in [3.8, 4) is 0 Å². The maximum atomic E-state index is 12.3. The number of carboxylic acids is 1. The number of nitrogens with zero attached hydrogens (tertiary/aromatic N) is 1. The third-order valence-electron chi connectivity index (χ3n) is 3.28. The molecule has 8 heteroatoms. The maximum Gasteiger partial charge on any atom is 0.352 e. The Bertz CT molecular complexity index is 589. The van der Waals surface area contributed by atoms with E-state index in [1.807, 2.05) is 11.8 Å². The minimum atomic E-state index is -3.65. The van der Waals surface area contributed by atoms with E-state index in [0.717, 1.165) is 24.3 Å². The van der Waals surface area contributed by atoms with Crippen LogP contribution in [0.25, 0.3) is 0 Å². The van der Waals surface area contributed by atoms with E-state index in [1.165, 1.54) is 16.8 Å². The molecule has 0 aromatic carbocycles. The van der Waals surface area contributed by atoms with Crippen molar-refractivity contribution in [2.45, 2.75) is 37.2 Å². The van der Waals surface area contributed by atoms with E-state index in [1.54, 1.807) is 6.92 Å². The van der Waals surface area contributed by atoms with Gasteiger partial charge in [0.15, 0.2) is 0 Å². The van der Waals surface area contributed by atoms with Crippen LogP contribution < -0.4 is 4.72 Å². The van der Waals surface area contributed by atoms with Gasteiger partial charge in [0.25, 0.3) is 0 Å². The molecule has 1 aliphatic rings. The second-order valence-corrected chi connectivity index (χ2v) is 7.60.